The van der Waals surface area contributed by atoms with Gasteiger partial charge in [0.2, 0.25) is 5.91 Å². The molecule has 1 aliphatic heterocycles. The van der Waals surface area contributed by atoms with Crippen LogP contribution in [-0.2, 0) is 11.3 Å². The Kier molecular flexibility index (Phi) is 5.45. The molecule has 2 aromatic heterocycles. The quantitative estimate of drug-likeness (QED) is 0.617. The zero-order valence-corrected chi connectivity index (χ0v) is 18.4. The fourth-order valence-corrected chi connectivity index (χ4v) is 5.20. The van der Waals surface area contributed by atoms with E-state index in [2.05, 4.69) is 4.98 Å². The van der Waals surface area contributed by atoms with Crippen LogP contribution < -0.4 is 11.2 Å². The molecule has 2 aliphatic rings. The van der Waals surface area contributed by atoms with Gasteiger partial charge in [-0.3, -0.25) is 14.2 Å². The number of nitrogens with zero attached hydrogens (tertiary/aromatic N) is 5. The van der Waals surface area contributed by atoms with Crippen molar-refractivity contribution in [1.29, 1.82) is 0 Å². The summed E-state index contributed by atoms with van der Waals surface area (Å²) < 4.78 is 4.64. The number of likely N-dealkylation sites (tertiary alicyclic amines) is 1. The van der Waals surface area contributed by atoms with Crippen LogP contribution in [0.25, 0.3) is 11.2 Å². The van der Waals surface area contributed by atoms with Crippen molar-refractivity contribution in [3.8, 4) is 0 Å². The van der Waals surface area contributed by atoms with Crippen LogP contribution in [0.1, 0.15) is 63.1 Å². The van der Waals surface area contributed by atoms with E-state index in [9.17, 15) is 14.4 Å². The van der Waals surface area contributed by atoms with Crippen LogP contribution in [-0.4, -0.2) is 42.6 Å². The van der Waals surface area contributed by atoms with Crippen LogP contribution in [0.3, 0.4) is 0 Å². The van der Waals surface area contributed by atoms with Crippen LogP contribution in [0, 0.1) is 0 Å². The minimum atomic E-state index is -0.855. The van der Waals surface area contributed by atoms with Crippen molar-refractivity contribution in [1.82, 2.24) is 23.6 Å². The van der Waals surface area contributed by atoms with Gasteiger partial charge in [-0.2, -0.15) is 0 Å². The summed E-state index contributed by atoms with van der Waals surface area (Å²) in [6, 6.07) is 9.00. The highest BCUT2D eigenvalue weighted by molar-refractivity contribution is 5.81. The van der Waals surface area contributed by atoms with Gasteiger partial charge in [0, 0.05) is 19.1 Å². The third-order valence-corrected chi connectivity index (χ3v) is 6.95. The second-order valence-electron chi connectivity index (χ2n) is 9.00. The summed E-state index contributed by atoms with van der Waals surface area (Å²) in [5.74, 6) is -0.167. The lowest BCUT2D eigenvalue weighted by atomic mass is 10.2. The van der Waals surface area contributed by atoms with Crippen LogP contribution in [0.15, 0.2) is 46.2 Å². The number of amides is 1. The molecule has 168 valence electrons. The summed E-state index contributed by atoms with van der Waals surface area (Å²) in [6.45, 7) is 3.32. The van der Waals surface area contributed by atoms with Gasteiger partial charge in [0.25, 0.3) is 5.56 Å². The number of benzene rings is 1. The normalized spacial score (nSPS) is 18.0. The Morgan fingerprint density at radius 1 is 1.06 bits per heavy atom. The molecule has 0 N–H and O–H groups in total. The Morgan fingerprint density at radius 2 is 1.75 bits per heavy atom. The Bertz CT molecular complexity index is 1240. The van der Waals surface area contributed by atoms with Crippen molar-refractivity contribution in [2.75, 3.05) is 13.1 Å². The fourth-order valence-electron chi connectivity index (χ4n) is 5.20. The second-order valence-corrected chi connectivity index (χ2v) is 9.00. The molecular weight excluding hydrogens is 406 g/mol. The maximum absolute atomic E-state index is 13.7. The van der Waals surface area contributed by atoms with Crippen molar-refractivity contribution in [3.63, 3.8) is 0 Å². The molecule has 3 heterocycles. The fraction of sp³-hybridized carbons (Fsp3) is 0.500. The molecule has 8 nitrogen and oxygen atoms in total. The first kappa shape index (κ1) is 20.7. The molecule has 1 saturated heterocycles. The van der Waals surface area contributed by atoms with Crippen molar-refractivity contribution >= 4 is 17.1 Å². The number of imidazole rings is 1. The lowest BCUT2D eigenvalue weighted by molar-refractivity contribution is -0.133. The molecule has 32 heavy (non-hydrogen) atoms. The third-order valence-electron chi connectivity index (χ3n) is 6.95. The van der Waals surface area contributed by atoms with E-state index in [1.165, 1.54) is 0 Å². The van der Waals surface area contributed by atoms with Gasteiger partial charge in [-0.15, -0.1) is 0 Å². The predicted molar refractivity (Wildman–Crippen MR) is 122 cm³/mol. The largest absolute Gasteiger partial charge is 0.341 e. The van der Waals surface area contributed by atoms with Crippen LogP contribution in [0.5, 0.6) is 0 Å². The number of hydrogen-bond donors (Lipinski definition) is 0. The highest BCUT2D eigenvalue weighted by atomic mass is 16.2. The summed E-state index contributed by atoms with van der Waals surface area (Å²) in [7, 11) is 0. The molecule has 0 radical (unpaired) electrons. The lowest BCUT2D eigenvalue weighted by Crippen LogP contribution is -2.47. The molecule has 1 aliphatic carbocycles. The zero-order valence-electron chi connectivity index (χ0n) is 18.4. The highest BCUT2D eigenvalue weighted by Gasteiger charge is 2.30. The maximum atomic E-state index is 13.7. The Labute approximate surface area is 186 Å². The molecule has 1 atom stereocenters. The molecular formula is C24H29N5O3. The first-order valence-electron chi connectivity index (χ1n) is 11.6. The number of aromatic nitrogens is 4. The van der Waals surface area contributed by atoms with E-state index < -0.39 is 17.3 Å². The molecule has 1 saturated carbocycles. The van der Waals surface area contributed by atoms with E-state index in [0.29, 0.717) is 30.8 Å². The number of carbonyl (C=O) groups is 1. The summed E-state index contributed by atoms with van der Waals surface area (Å²) in [6.07, 6.45) is 7.83. The second kappa shape index (κ2) is 8.41. The molecule has 0 bridgehead atoms. The molecule has 1 amide bonds. The molecule has 1 aromatic carbocycles. The summed E-state index contributed by atoms with van der Waals surface area (Å²) in [5, 5.41) is 0. The summed E-state index contributed by atoms with van der Waals surface area (Å²) in [5.41, 5.74) is 0.859. The van der Waals surface area contributed by atoms with Gasteiger partial charge in [0.1, 0.15) is 6.04 Å². The first-order chi connectivity index (χ1) is 15.6. The highest BCUT2D eigenvalue weighted by Crippen LogP contribution is 2.31. The molecule has 3 aromatic rings. The number of fused-ring (bicyclic) bond motifs is 1. The molecule has 0 unspecified atom stereocenters. The van der Waals surface area contributed by atoms with E-state index in [1.807, 2.05) is 34.9 Å². The Morgan fingerprint density at radius 3 is 2.44 bits per heavy atom. The van der Waals surface area contributed by atoms with Gasteiger partial charge in [0.05, 0.1) is 12.9 Å². The van der Waals surface area contributed by atoms with Gasteiger partial charge in [-0.1, -0.05) is 43.2 Å². The van der Waals surface area contributed by atoms with E-state index in [-0.39, 0.29) is 11.9 Å². The average molecular weight is 436 g/mol. The van der Waals surface area contributed by atoms with Gasteiger partial charge < -0.3 is 9.47 Å². The molecule has 8 heteroatoms. The lowest BCUT2D eigenvalue weighted by Gasteiger charge is -2.23. The van der Waals surface area contributed by atoms with Gasteiger partial charge in [-0.25, -0.2) is 14.3 Å². The Hall–Kier alpha value is -3.16. The van der Waals surface area contributed by atoms with Gasteiger partial charge >= 0.3 is 5.69 Å². The minimum absolute atomic E-state index is 0.167. The van der Waals surface area contributed by atoms with Gasteiger partial charge in [0.15, 0.2) is 11.2 Å². The standard InChI is InChI=1S/C24H29N5O3/c1-17(22(30)26-13-7-8-14-26)29-23(31)20-21(25-16-28(20)19-11-5-6-12-19)27(24(29)32)15-18-9-3-2-4-10-18/h2-4,9-10,16-17,19H,5-8,11-15H2,1H3/t17-/m1/s1. The smallest absolute Gasteiger partial charge is 0.333 e. The van der Waals surface area contributed by atoms with Crippen molar-refractivity contribution in [2.45, 2.75) is 64.1 Å². The van der Waals surface area contributed by atoms with Crippen molar-refractivity contribution < 1.29 is 4.79 Å². The van der Waals surface area contributed by atoms with Crippen molar-refractivity contribution in [3.05, 3.63) is 63.1 Å². The van der Waals surface area contributed by atoms with Crippen LogP contribution in [0.2, 0.25) is 0 Å². The number of carbonyl (C=O) groups excluding carboxylic acids is 1. The number of hydrogen-bond acceptors (Lipinski definition) is 4. The SMILES string of the molecule is C[C@H](C(=O)N1CCCC1)n1c(=O)c2c(ncn2C2CCCC2)n(Cc2ccccc2)c1=O. The molecule has 5 rings (SSSR count). The average Bonchev–Trinajstić information content (AvgIpc) is 3.57. The van der Waals surface area contributed by atoms with Crippen LogP contribution in [0.4, 0.5) is 0 Å². The zero-order chi connectivity index (χ0) is 22.2. The minimum Gasteiger partial charge on any atom is -0.341 e. The molecule has 0 spiro atoms. The Balaban J connectivity index is 1.69. The number of rotatable bonds is 5. The topological polar surface area (TPSA) is 82.1 Å². The van der Waals surface area contributed by atoms with E-state index >= 15 is 0 Å². The van der Waals surface area contributed by atoms with E-state index in [1.54, 1.807) is 22.7 Å². The van der Waals surface area contributed by atoms with Crippen molar-refractivity contribution in [2.24, 2.45) is 0 Å². The van der Waals surface area contributed by atoms with Gasteiger partial charge in [-0.05, 0) is 38.2 Å². The summed E-state index contributed by atoms with van der Waals surface area (Å²) in [4.78, 5) is 46.7. The first-order valence-corrected chi connectivity index (χ1v) is 11.6. The van der Waals surface area contributed by atoms with E-state index in [0.717, 1.165) is 48.7 Å². The third kappa shape index (κ3) is 3.47. The predicted octanol–water partition coefficient (Wildman–Crippen LogP) is 2.71. The van der Waals surface area contributed by atoms with Crippen LogP contribution >= 0.6 is 0 Å². The molecule has 2 fully saturated rings. The summed E-state index contributed by atoms with van der Waals surface area (Å²) >= 11 is 0. The van der Waals surface area contributed by atoms with E-state index in [4.69, 9.17) is 0 Å². The maximum Gasteiger partial charge on any atom is 0.333 e. The monoisotopic (exact) mass is 435 g/mol.